The highest BCUT2D eigenvalue weighted by Gasteiger charge is 1.64. The molecule has 0 rings (SSSR count). The lowest BCUT2D eigenvalue weighted by Crippen LogP contribution is -1.84. The summed E-state index contributed by atoms with van der Waals surface area (Å²) in [5.41, 5.74) is 0. The summed E-state index contributed by atoms with van der Waals surface area (Å²) in [6.45, 7) is 5.67. The van der Waals surface area contributed by atoms with Crippen molar-refractivity contribution in [1.29, 1.82) is 0 Å². The molecule has 0 saturated heterocycles. The largest absolute Gasteiger partial charge is 0.400 e. The average Bonchev–Trinajstić information content (AvgIpc) is 1.75. The van der Waals surface area contributed by atoms with Gasteiger partial charge in [-0.05, 0) is 13.8 Å². The number of aliphatic hydroxyl groups is 1. The highest BCUT2D eigenvalue weighted by Crippen LogP contribution is 1.64. The predicted molar refractivity (Wildman–Crippen MR) is 30.3 cm³/mol. The third kappa shape index (κ3) is 24.7. The Labute approximate surface area is 45.1 Å². The molecule has 7 heavy (non-hydrogen) atoms. The van der Waals surface area contributed by atoms with Crippen LogP contribution in [0.4, 0.5) is 0 Å². The lowest BCUT2D eigenvalue weighted by molar-refractivity contribution is 0.162. The van der Waals surface area contributed by atoms with E-state index in [9.17, 15) is 0 Å². The van der Waals surface area contributed by atoms with Crippen LogP contribution < -0.4 is 0 Å². The van der Waals surface area contributed by atoms with Crippen LogP contribution >= 0.6 is 0 Å². The van der Waals surface area contributed by atoms with Crippen molar-refractivity contribution in [3.8, 4) is 0 Å². The quantitative estimate of drug-likeness (QED) is 0.560. The van der Waals surface area contributed by atoms with Gasteiger partial charge in [0.2, 0.25) is 0 Å². The molecule has 0 radical (unpaired) electrons. The van der Waals surface area contributed by atoms with E-state index in [1.165, 1.54) is 0 Å². The van der Waals surface area contributed by atoms with Gasteiger partial charge >= 0.3 is 0 Å². The minimum atomic E-state index is 0.844. The minimum Gasteiger partial charge on any atom is -0.400 e. The molecular formula is C5H14O2. The zero-order chi connectivity index (χ0) is 6.12. The number of rotatable bonds is 2. The number of hydrogen-bond donors (Lipinski definition) is 1. The second kappa shape index (κ2) is 16.8. The summed E-state index contributed by atoms with van der Waals surface area (Å²) < 4.78 is 4.83. The van der Waals surface area contributed by atoms with Gasteiger partial charge in [-0.25, -0.2) is 0 Å². The van der Waals surface area contributed by atoms with Gasteiger partial charge in [-0.3, -0.25) is 0 Å². The van der Waals surface area contributed by atoms with Crippen LogP contribution in [0.3, 0.4) is 0 Å². The first-order chi connectivity index (χ1) is 3.41. The van der Waals surface area contributed by atoms with E-state index in [1.807, 2.05) is 13.8 Å². The SMILES string of the molecule is CCOCC.CO. The van der Waals surface area contributed by atoms with E-state index in [-0.39, 0.29) is 0 Å². The molecule has 0 bridgehead atoms. The van der Waals surface area contributed by atoms with Gasteiger partial charge in [0.25, 0.3) is 0 Å². The molecule has 46 valence electrons. The molecular weight excluding hydrogens is 92.1 g/mol. The number of ether oxygens (including phenoxy) is 1. The highest BCUT2D eigenvalue weighted by molar-refractivity contribution is 4.07. The van der Waals surface area contributed by atoms with Crippen LogP contribution in [0.1, 0.15) is 13.8 Å². The van der Waals surface area contributed by atoms with E-state index in [1.54, 1.807) is 0 Å². The Hall–Kier alpha value is -0.0800. The molecule has 1 N–H and O–H groups in total. The van der Waals surface area contributed by atoms with Gasteiger partial charge in [-0.2, -0.15) is 0 Å². The van der Waals surface area contributed by atoms with Gasteiger partial charge in [-0.1, -0.05) is 0 Å². The summed E-state index contributed by atoms with van der Waals surface area (Å²) in [5.74, 6) is 0. The monoisotopic (exact) mass is 106 g/mol. The van der Waals surface area contributed by atoms with Crippen molar-refractivity contribution in [2.45, 2.75) is 13.8 Å². The van der Waals surface area contributed by atoms with Crippen molar-refractivity contribution in [2.24, 2.45) is 0 Å². The van der Waals surface area contributed by atoms with E-state index in [2.05, 4.69) is 0 Å². The number of hydrogen-bond acceptors (Lipinski definition) is 2. The van der Waals surface area contributed by atoms with E-state index in [0.29, 0.717) is 0 Å². The third-order valence-electron chi connectivity index (χ3n) is 0.408. The Kier molecular flexibility index (Phi) is 24.1. The first-order valence-electron chi connectivity index (χ1n) is 2.44. The van der Waals surface area contributed by atoms with Crippen molar-refractivity contribution in [2.75, 3.05) is 20.3 Å². The molecule has 0 aromatic heterocycles. The van der Waals surface area contributed by atoms with E-state index in [4.69, 9.17) is 9.84 Å². The summed E-state index contributed by atoms with van der Waals surface area (Å²) in [4.78, 5) is 0. The molecule has 0 spiro atoms. The smallest absolute Gasteiger partial charge is 0.0437 e. The van der Waals surface area contributed by atoms with Gasteiger partial charge in [0, 0.05) is 20.3 Å². The summed E-state index contributed by atoms with van der Waals surface area (Å²) in [7, 11) is 1.00. The summed E-state index contributed by atoms with van der Waals surface area (Å²) in [6.07, 6.45) is 0. The van der Waals surface area contributed by atoms with Gasteiger partial charge < -0.3 is 9.84 Å². The first kappa shape index (κ1) is 10.0. The van der Waals surface area contributed by atoms with Crippen LogP contribution in [0, 0.1) is 0 Å². The topological polar surface area (TPSA) is 29.5 Å². The first-order valence-corrected chi connectivity index (χ1v) is 2.44. The van der Waals surface area contributed by atoms with Crippen LogP contribution in [0.2, 0.25) is 0 Å². The lowest BCUT2D eigenvalue weighted by Gasteiger charge is -1.86. The molecule has 0 aromatic rings. The standard InChI is InChI=1S/C4H10O.CH4O/c1-3-5-4-2;1-2/h3-4H2,1-2H3;2H,1H3. The molecule has 0 amide bonds. The second-order valence-corrected chi connectivity index (χ2v) is 0.781. The van der Waals surface area contributed by atoms with Crippen molar-refractivity contribution >= 4 is 0 Å². The van der Waals surface area contributed by atoms with Crippen molar-refractivity contribution < 1.29 is 9.84 Å². The van der Waals surface area contributed by atoms with E-state index < -0.39 is 0 Å². The molecule has 0 unspecified atom stereocenters. The van der Waals surface area contributed by atoms with E-state index >= 15 is 0 Å². The minimum absolute atomic E-state index is 0.844. The molecule has 0 heterocycles. The van der Waals surface area contributed by atoms with Crippen LogP contribution in [0.15, 0.2) is 0 Å². The van der Waals surface area contributed by atoms with Crippen LogP contribution in [0.25, 0.3) is 0 Å². The molecule has 0 saturated carbocycles. The van der Waals surface area contributed by atoms with Crippen molar-refractivity contribution in [3.63, 3.8) is 0 Å². The van der Waals surface area contributed by atoms with Crippen molar-refractivity contribution in [1.82, 2.24) is 0 Å². The van der Waals surface area contributed by atoms with Crippen LogP contribution in [-0.4, -0.2) is 25.4 Å². The molecule has 0 aliphatic rings. The average molecular weight is 106 g/mol. The molecule has 0 aliphatic heterocycles. The molecule has 0 atom stereocenters. The fraction of sp³-hybridized carbons (Fsp3) is 1.00. The normalized spacial score (nSPS) is 6.86. The van der Waals surface area contributed by atoms with E-state index in [0.717, 1.165) is 20.3 Å². The van der Waals surface area contributed by atoms with Gasteiger partial charge in [-0.15, -0.1) is 0 Å². The molecule has 0 fully saturated rings. The second-order valence-electron chi connectivity index (χ2n) is 0.781. The fourth-order valence-corrected chi connectivity index (χ4v) is 0.204. The lowest BCUT2D eigenvalue weighted by atomic mass is 10.8. The summed E-state index contributed by atoms with van der Waals surface area (Å²) in [5, 5.41) is 7.00. The molecule has 2 heteroatoms. The molecule has 2 nitrogen and oxygen atoms in total. The zero-order valence-corrected chi connectivity index (χ0v) is 5.27. The Morgan fingerprint density at radius 3 is 1.43 bits per heavy atom. The third-order valence-corrected chi connectivity index (χ3v) is 0.408. The van der Waals surface area contributed by atoms with Gasteiger partial charge in [0.1, 0.15) is 0 Å². The highest BCUT2D eigenvalue weighted by atomic mass is 16.5. The maximum absolute atomic E-state index is 7.00. The predicted octanol–water partition coefficient (Wildman–Crippen LogP) is 0.651. The Balaban J connectivity index is 0. The maximum atomic E-state index is 7.00. The van der Waals surface area contributed by atoms with Gasteiger partial charge in [0.05, 0.1) is 0 Å². The zero-order valence-electron chi connectivity index (χ0n) is 5.27. The Morgan fingerprint density at radius 2 is 1.43 bits per heavy atom. The number of aliphatic hydroxyl groups excluding tert-OH is 1. The van der Waals surface area contributed by atoms with Gasteiger partial charge in [0.15, 0.2) is 0 Å². The van der Waals surface area contributed by atoms with Crippen LogP contribution in [0.5, 0.6) is 0 Å². The molecule has 0 aromatic carbocycles. The Morgan fingerprint density at radius 1 is 1.14 bits per heavy atom. The maximum Gasteiger partial charge on any atom is 0.0437 e. The Bertz CT molecular complexity index is 13.6. The van der Waals surface area contributed by atoms with Crippen LogP contribution in [-0.2, 0) is 4.74 Å². The van der Waals surface area contributed by atoms with Crippen molar-refractivity contribution in [3.05, 3.63) is 0 Å². The fourth-order valence-electron chi connectivity index (χ4n) is 0.204. The molecule has 0 aliphatic carbocycles. The summed E-state index contributed by atoms with van der Waals surface area (Å²) in [6, 6.07) is 0. The summed E-state index contributed by atoms with van der Waals surface area (Å²) >= 11 is 0.